The summed E-state index contributed by atoms with van der Waals surface area (Å²) in [6, 6.07) is 0. The Hall–Kier alpha value is -1.06. The maximum atomic E-state index is 11.6. The molecule has 0 spiro atoms. The second-order valence-electron chi connectivity index (χ2n) is 7.10. The van der Waals surface area contributed by atoms with Crippen LogP contribution in [0.4, 0.5) is 0 Å². The predicted octanol–water partition coefficient (Wildman–Crippen LogP) is 5.82. The minimum atomic E-state index is -0.216. The fraction of sp³-hybridized carbons (Fsp3) is 0.905. The van der Waals surface area contributed by atoms with Crippen LogP contribution < -0.4 is 0 Å². The van der Waals surface area contributed by atoms with Crippen molar-refractivity contribution >= 4 is 11.9 Å². The van der Waals surface area contributed by atoms with Crippen LogP contribution in [0.5, 0.6) is 0 Å². The van der Waals surface area contributed by atoms with Gasteiger partial charge in [-0.1, -0.05) is 78.6 Å². The first kappa shape index (κ1) is 23.9. The van der Waals surface area contributed by atoms with Gasteiger partial charge in [-0.2, -0.15) is 0 Å². The van der Waals surface area contributed by atoms with E-state index in [2.05, 4.69) is 20.8 Å². The van der Waals surface area contributed by atoms with Crippen molar-refractivity contribution in [2.45, 2.75) is 104 Å². The molecule has 148 valence electrons. The van der Waals surface area contributed by atoms with E-state index in [1.807, 2.05) is 0 Å². The molecular weight excluding hydrogens is 316 g/mol. The summed E-state index contributed by atoms with van der Waals surface area (Å²) in [5.41, 5.74) is 0. The SMILES string of the molecule is CCCCCCCCCCCOC(=O)CCCC(=O)OCC(C)CC. The van der Waals surface area contributed by atoms with Gasteiger partial charge in [0.25, 0.3) is 0 Å². The summed E-state index contributed by atoms with van der Waals surface area (Å²) in [7, 11) is 0. The highest BCUT2D eigenvalue weighted by molar-refractivity contribution is 5.72. The van der Waals surface area contributed by atoms with E-state index in [-0.39, 0.29) is 11.9 Å². The van der Waals surface area contributed by atoms with Crippen molar-refractivity contribution in [3.8, 4) is 0 Å². The number of ether oxygens (including phenoxy) is 2. The van der Waals surface area contributed by atoms with Gasteiger partial charge in [0.2, 0.25) is 0 Å². The van der Waals surface area contributed by atoms with E-state index in [0.717, 1.165) is 19.3 Å². The standard InChI is InChI=1S/C21H40O4/c1-4-6-7-8-9-10-11-12-13-17-24-20(22)15-14-16-21(23)25-18-19(3)5-2/h19H,4-18H2,1-3H3. The van der Waals surface area contributed by atoms with Gasteiger partial charge in [0, 0.05) is 12.8 Å². The molecule has 0 fully saturated rings. The molecule has 0 aromatic rings. The zero-order valence-electron chi connectivity index (χ0n) is 16.8. The van der Waals surface area contributed by atoms with Gasteiger partial charge in [0.15, 0.2) is 0 Å². The van der Waals surface area contributed by atoms with E-state index in [1.54, 1.807) is 0 Å². The quantitative estimate of drug-likeness (QED) is 0.243. The summed E-state index contributed by atoms with van der Waals surface area (Å²) < 4.78 is 10.4. The van der Waals surface area contributed by atoms with E-state index >= 15 is 0 Å². The lowest BCUT2D eigenvalue weighted by atomic mass is 10.1. The highest BCUT2D eigenvalue weighted by Gasteiger charge is 2.08. The van der Waals surface area contributed by atoms with Crippen molar-refractivity contribution in [1.29, 1.82) is 0 Å². The van der Waals surface area contributed by atoms with Gasteiger partial charge >= 0.3 is 11.9 Å². The summed E-state index contributed by atoms with van der Waals surface area (Å²) in [5, 5.41) is 0. The Morgan fingerprint density at radius 2 is 1.24 bits per heavy atom. The highest BCUT2D eigenvalue weighted by atomic mass is 16.5. The number of unbranched alkanes of at least 4 members (excludes halogenated alkanes) is 8. The van der Waals surface area contributed by atoms with Crippen LogP contribution in [-0.4, -0.2) is 25.2 Å². The number of rotatable bonds is 17. The fourth-order valence-electron chi connectivity index (χ4n) is 2.47. The van der Waals surface area contributed by atoms with E-state index in [1.165, 1.54) is 44.9 Å². The smallest absolute Gasteiger partial charge is 0.305 e. The molecule has 0 aliphatic heterocycles. The zero-order chi connectivity index (χ0) is 18.8. The number of hydrogen-bond donors (Lipinski definition) is 0. The average molecular weight is 357 g/mol. The molecule has 0 N–H and O–H groups in total. The third kappa shape index (κ3) is 17.6. The summed E-state index contributed by atoms with van der Waals surface area (Å²) in [6.07, 6.45) is 13.4. The largest absolute Gasteiger partial charge is 0.466 e. The molecule has 0 radical (unpaired) electrons. The van der Waals surface area contributed by atoms with E-state index in [0.29, 0.717) is 38.4 Å². The van der Waals surface area contributed by atoms with Crippen molar-refractivity contribution < 1.29 is 19.1 Å². The fourth-order valence-corrected chi connectivity index (χ4v) is 2.47. The Bertz CT molecular complexity index is 328. The van der Waals surface area contributed by atoms with Crippen molar-refractivity contribution in [3.05, 3.63) is 0 Å². The molecule has 0 aromatic carbocycles. The van der Waals surface area contributed by atoms with Gasteiger partial charge in [-0.25, -0.2) is 0 Å². The number of esters is 2. The molecule has 0 aliphatic carbocycles. The first-order chi connectivity index (χ1) is 12.1. The van der Waals surface area contributed by atoms with E-state index < -0.39 is 0 Å². The Kier molecular flexibility index (Phi) is 17.0. The van der Waals surface area contributed by atoms with Crippen LogP contribution in [0.15, 0.2) is 0 Å². The van der Waals surface area contributed by atoms with E-state index in [4.69, 9.17) is 9.47 Å². The van der Waals surface area contributed by atoms with Gasteiger partial charge in [-0.05, 0) is 18.8 Å². The average Bonchev–Trinajstić information content (AvgIpc) is 2.61. The molecule has 0 amide bonds. The van der Waals surface area contributed by atoms with E-state index in [9.17, 15) is 9.59 Å². The predicted molar refractivity (Wildman–Crippen MR) is 102 cm³/mol. The molecular formula is C21H40O4. The molecule has 0 aromatic heterocycles. The summed E-state index contributed by atoms with van der Waals surface area (Å²) in [4.78, 5) is 23.1. The Balaban J connectivity index is 3.34. The molecule has 25 heavy (non-hydrogen) atoms. The number of hydrogen-bond acceptors (Lipinski definition) is 4. The summed E-state index contributed by atoms with van der Waals surface area (Å²) in [5.74, 6) is -0.0217. The van der Waals surface area contributed by atoms with Gasteiger partial charge in [-0.15, -0.1) is 0 Å². The molecule has 4 nitrogen and oxygen atoms in total. The van der Waals surface area contributed by atoms with Crippen LogP contribution in [0.1, 0.15) is 104 Å². The Labute approximate surface area is 155 Å². The van der Waals surface area contributed by atoms with Gasteiger partial charge < -0.3 is 9.47 Å². The van der Waals surface area contributed by atoms with Crippen LogP contribution in [0.3, 0.4) is 0 Å². The second-order valence-corrected chi connectivity index (χ2v) is 7.10. The Morgan fingerprint density at radius 3 is 1.80 bits per heavy atom. The van der Waals surface area contributed by atoms with Gasteiger partial charge in [0.05, 0.1) is 13.2 Å². The molecule has 4 heteroatoms. The molecule has 0 bridgehead atoms. The molecule has 0 heterocycles. The third-order valence-electron chi connectivity index (χ3n) is 4.50. The topological polar surface area (TPSA) is 52.6 Å². The van der Waals surface area contributed by atoms with Crippen LogP contribution in [0.2, 0.25) is 0 Å². The first-order valence-electron chi connectivity index (χ1n) is 10.4. The maximum absolute atomic E-state index is 11.6. The first-order valence-corrected chi connectivity index (χ1v) is 10.4. The maximum Gasteiger partial charge on any atom is 0.305 e. The lowest BCUT2D eigenvalue weighted by Crippen LogP contribution is -2.12. The molecule has 1 atom stereocenters. The number of carbonyl (C=O) groups is 2. The lowest BCUT2D eigenvalue weighted by Gasteiger charge is -2.09. The minimum absolute atomic E-state index is 0.200. The van der Waals surface area contributed by atoms with Crippen molar-refractivity contribution in [2.75, 3.05) is 13.2 Å². The van der Waals surface area contributed by atoms with Crippen LogP contribution >= 0.6 is 0 Å². The molecule has 0 saturated heterocycles. The van der Waals surface area contributed by atoms with Crippen molar-refractivity contribution in [2.24, 2.45) is 5.92 Å². The van der Waals surface area contributed by atoms with Gasteiger partial charge in [-0.3, -0.25) is 9.59 Å². The minimum Gasteiger partial charge on any atom is -0.466 e. The van der Waals surface area contributed by atoms with Gasteiger partial charge in [0.1, 0.15) is 0 Å². The lowest BCUT2D eigenvalue weighted by molar-refractivity contribution is -0.146. The van der Waals surface area contributed by atoms with Crippen molar-refractivity contribution in [1.82, 2.24) is 0 Å². The molecule has 0 aliphatic rings. The zero-order valence-corrected chi connectivity index (χ0v) is 16.8. The molecule has 1 unspecified atom stereocenters. The van der Waals surface area contributed by atoms with Crippen LogP contribution in [0, 0.1) is 5.92 Å². The van der Waals surface area contributed by atoms with Crippen LogP contribution in [0.25, 0.3) is 0 Å². The second kappa shape index (κ2) is 17.8. The Morgan fingerprint density at radius 1 is 0.720 bits per heavy atom. The summed E-state index contributed by atoms with van der Waals surface area (Å²) in [6.45, 7) is 7.34. The highest BCUT2D eigenvalue weighted by Crippen LogP contribution is 2.10. The molecule has 0 saturated carbocycles. The van der Waals surface area contributed by atoms with Crippen molar-refractivity contribution in [3.63, 3.8) is 0 Å². The van der Waals surface area contributed by atoms with Crippen LogP contribution in [-0.2, 0) is 19.1 Å². The number of carbonyl (C=O) groups excluding carboxylic acids is 2. The molecule has 0 rings (SSSR count). The third-order valence-corrected chi connectivity index (χ3v) is 4.50. The normalized spacial score (nSPS) is 12.0. The summed E-state index contributed by atoms with van der Waals surface area (Å²) >= 11 is 0. The monoisotopic (exact) mass is 356 g/mol.